The van der Waals surface area contributed by atoms with Crippen LogP contribution in [0.4, 0.5) is 0 Å². The smallest absolute Gasteiger partial charge is 0.262 e. The first-order valence-electron chi connectivity index (χ1n) is 6.42. The summed E-state index contributed by atoms with van der Waals surface area (Å²) in [7, 11) is -3.54. The maximum absolute atomic E-state index is 12.2. The number of carbonyl (C=O) groups excluding carboxylic acids is 2. The van der Waals surface area contributed by atoms with Crippen molar-refractivity contribution in [1.29, 1.82) is 0 Å². The molecule has 0 N–H and O–H groups in total. The van der Waals surface area contributed by atoms with Gasteiger partial charge in [-0.2, -0.15) is 0 Å². The second-order valence-corrected chi connectivity index (χ2v) is 7.65. The molecule has 108 valence electrons. The lowest BCUT2D eigenvalue weighted by Gasteiger charge is -2.20. The Balaban J connectivity index is 2.30. The molecule has 0 radical (unpaired) electrons. The molecule has 2 rings (SSSR count). The summed E-state index contributed by atoms with van der Waals surface area (Å²) in [5.74, 6) is -1.70. The van der Waals surface area contributed by atoms with Gasteiger partial charge in [0.15, 0.2) is 9.84 Å². The number of sulfone groups is 1. The van der Waals surface area contributed by atoms with Crippen molar-refractivity contribution < 1.29 is 18.0 Å². The lowest BCUT2D eigenvalue weighted by molar-refractivity contribution is 0.0680. The minimum atomic E-state index is -3.54. The van der Waals surface area contributed by atoms with Gasteiger partial charge in [0, 0.05) is 0 Å². The van der Waals surface area contributed by atoms with Crippen LogP contribution in [0.3, 0.4) is 0 Å². The lowest BCUT2D eigenvalue weighted by Crippen LogP contribution is -2.39. The van der Waals surface area contributed by atoms with Crippen molar-refractivity contribution in [2.75, 3.05) is 5.88 Å². The van der Waals surface area contributed by atoms with E-state index < -0.39 is 32.8 Å². The molecule has 5 nitrogen and oxygen atoms in total. The molecule has 1 heterocycles. The standard InChI is InChI=1S/C14H17NO4S/c1-9(2)10(3)20(18,19)8-15-13(16)11-6-4-5-7-12(11)14(15)17/h4-7,9-10H,8H2,1-3H3. The van der Waals surface area contributed by atoms with E-state index in [0.29, 0.717) is 0 Å². The third-order valence-electron chi connectivity index (χ3n) is 3.69. The molecule has 1 atom stereocenters. The predicted molar refractivity (Wildman–Crippen MR) is 75.0 cm³/mol. The van der Waals surface area contributed by atoms with Gasteiger partial charge in [-0.3, -0.25) is 14.5 Å². The molecule has 1 aromatic rings. The number of nitrogens with zero attached hydrogens (tertiary/aromatic N) is 1. The summed E-state index contributed by atoms with van der Waals surface area (Å²) in [4.78, 5) is 25.1. The van der Waals surface area contributed by atoms with E-state index in [9.17, 15) is 18.0 Å². The van der Waals surface area contributed by atoms with Gasteiger partial charge in [-0.05, 0) is 25.0 Å². The first kappa shape index (κ1) is 14.7. The third-order valence-corrected chi connectivity index (χ3v) is 5.99. The van der Waals surface area contributed by atoms with Gasteiger partial charge in [0.25, 0.3) is 11.8 Å². The van der Waals surface area contributed by atoms with Crippen LogP contribution in [0.1, 0.15) is 41.5 Å². The normalized spacial score (nSPS) is 16.7. The van der Waals surface area contributed by atoms with Crippen molar-refractivity contribution in [3.8, 4) is 0 Å². The van der Waals surface area contributed by atoms with Gasteiger partial charge in [-0.25, -0.2) is 8.42 Å². The second-order valence-electron chi connectivity index (χ2n) is 5.33. The van der Waals surface area contributed by atoms with Gasteiger partial charge in [0.05, 0.1) is 16.4 Å². The van der Waals surface area contributed by atoms with Crippen molar-refractivity contribution in [2.24, 2.45) is 5.92 Å². The molecule has 1 aromatic carbocycles. The quantitative estimate of drug-likeness (QED) is 0.793. The van der Waals surface area contributed by atoms with Crippen LogP contribution in [0, 0.1) is 5.92 Å². The molecule has 2 amide bonds. The Labute approximate surface area is 118 Å². The summed E-state index contributed by atoms with van der Waals surface area (Å²) in [5, 5.41) is -0.605. The van der Waals surface area contributed by atoms with E-state index in [1.54, 1.807) is 32.9 Å². The highest BCUT2D eigenvalue weighted by molar-refractivity contribution is 7.92. The van der Waals surface area contributed by atoms with Crippen LogP contribution in [0.25, 0.3) is 0 Å². The van der Waals surface area contributed by atoms with Crippen molar-refractivity contribution in [1.82, 2.24) is 4.90 Å². The Hall–Kier alpha value is -1.69. The van der Waals surface area contributed by atoms with E-state index in [1.165, 1.54) is 12.1 Å². The molecule has 0 fully saturated rings. The summed E-state index contributed by atoms with van der Waals surface area (Å²) < 4.78 is 24.4. The highest BCUT2D eigenvalue weighted by atomic mass is 32.2. The summed E-state index contributed by atoms with van der Waals surface area (Å²) in [6, 6.07) is 6.37. The average Bonchev–Trinajstić information content (AvgIpc) is 2.63. The van der Waals surface area contributed by atoms with Crippen molar-refractivity contribution >= 4 is 21.7 Å². The van der Waals surface area contributed by atoms with Crippen LogP contribution in [0.15, 0.2) is 24.3 Å². The Kier molecular flexibility index (Phi) is 3.69. The van der Waals surface area contributed by atoms with Crippen LogP contribution >= 0.6 is 0 Å². The molecule has 20 heavy (non-hydrogen) atoms. The Bertz CT molecular complexity index is 629. The molecule has 0 aliphatic carbocycles. The summed E-state index contributed by atoms with van der Waals surface area (Å²) in [5.41, 5.74) is 0.537. The summed E-state index contributed by atoms with van der Waals surface area (Å²) in [6.07, 6.45) is 0. The number of imide groups is 1. The molecule has 0 spiro atoms. The Morgan fingerprint density at radius 1 is 1.00 bits per heavy atom. The molecular weight excluding hydrogens is 278 g/mol. The van der Waals surface area contributed by atoms with E-state index >= 15 is 0 Å². The lowest BCUT2D eigenvalue weighted by atomic mass is 10.1. The van der Waals surface area contributed by atoms with Crippen molar-refractivity contribution in [3.05, 3.63) is 35.4 Å². The fourth-order valence-corrected chi connectivity index (χ4v) is 3.73. The molecule has 1 unspecified atom stereocenters. The van der Waals surface area contributed by atoms with Gasteiger partial charge in [-0.15, -0.1) is 0 Å². The number of hydrogen-bond acceptors (Lipinski definition) is 4. The molecule has 6 heteroatoms. The molecule has 1 aliphatic rings. The fraction of sp³-hybridized carbons (Fsp3) is 0.429. The van der Waals surface area contributed by atoms with Crippen LogP contribution in [0.5, 0.6) is 0 Å². The van der Waals surface area contributed by atoms with Crippen LogP contribution in [-0.2, 0) is 9.84 Å². The van der Waals surface area contributed by atoms with Gasteiger partial charge >= 0.3 is 0 Å². The Morgan fingerprint density at radius 3 is 1.85 bits per heavy atom. The molecule has 0 saturated carbocycles. The zero-order chi connectivity index (χ0) is 15.1. The number of rotatable bonds is 4. The maximum atomic E-state index is 12.2. The number of benzene rings is 1. The van der Waals surface area contributed by atoms with Crippen molar-refractivity contribution in [2.45, 2.75) is 26.0 Å². The highest BCUT2D eigenvalue weighted by Crippen LogP contribution is 2.24. The summed E-state index contributed by atoms with van der Waals surface area (Å²) >= 11 is 0. The summed E-state index contributed by atoms with van der Waals surface area (Å²) in [6.45, 7) is 5.19. The van der Waals surface area contributed by atoms with Gasteiger partial charge in [0.1, 0.15) is 5.88 Å². The zero-order valence-corrected chi connectivity index (χ0v) is 12.5. The first-order valence-corrected chi connectivity index (χ1v) is 8.14. The maximum Gasteiger partial charge on any atom is 0.262 e. The monoisotopic (exact) mass is 295 g/mol. The number of carbonyl (C=O) groups is 2. The molecule has 0 bridgehead atoms. The number of amides is 2. The number of fused-ring (bicyclic) bond motifs is 1. The van der Waals surface area contributed by atoms with Gasteiger partial charge in [-0.1, -0.05) is 26.0 Å². The zero-order valence-electron chi connectivity index (χ0n) is 11.7. The predicted octanol–water partition coefficient (Wildman–Crippen LogP) is 1.70. The minimum Gasteiger partial charge on any atom is -0.269 e. The molecule has 0 saturated heterocycles. The average molecular weight is 295 g/mol. The third kappa shape index (κ3) is 2.35. The second kappa shape index (κ2) is 5.01. The van der Waals surface area contributed by atoms with Gasteiger partial charge in [0.2, 0.25) is 0 Å². The van der Waals surface area contributed by atoms with Crippen LogP contribution in [-0.4, -0.2) is 36.3 Å². The van der Waals surface area contributed by atoms with E-state index in [2.05, 4.69) is 0 Å². The molecular formula is C14H17NO4S. The Morgan fingerprint density at radius 2 is 1.45 bits per heavy atom. The van der Waals surface area contributed by atoms with Gasteiger partial charge < -0.3 is 0 Å². The van der Waals surface area contributed by atoms with E-state index in [4.69, 9.17) is 0 Å². The first-order chi connectivity index (χ1) is 9.25. The molecule has 0 aromatic heterocycles. The van der Waals surface area contributed by atoms with Crippen LogP contribution < -0.4 is 0 Å². The SMILES string of the molecule is CC(C)C(C)S(=O)(=O)CN1C(=O)c2ccccc2C1=O. The minimum absolute atomic E-state index is 0.0739. The van der Waals surface area contributed by atoms with E-state index in [0.717, 1.165) is 4.90 Å². The van der Waals surface area contributed by atoms with Crippen molar-refractivity contribution in [3.63, 3.8) is 0 Å². The largest absolute Gasteiger partial charge is 0.269 e. The fourth-order valence-electron chi connectivity index (χ4n) is 2.07. The van der Waals surface area contributed by atoms with Crippen LogP contribution in [0.2, 0.25) is 0 Å². The highest BCUT2D eigenvalue weighted by Gasteiger charge is 2.39. The van der Waals surface area contributed by atoms with E-state index in [-0.39, 0.29) is 17.0 Å². The number of hydrogen-bond donors (Lipinski definition) is 0. The van der Waals surface area contributed by atoms with E-state index in [1.807, 2.05) is 0 Å². The topological polar surface area (TPSA) is 71.5 Å². The molecule has 1 aliphatic heterocycles.